The summed E-state index contributed by atoms with van der Waals surface area (Å²) in [5, 5.41) is 0.204. The number of carbonyl (C=O) groups excluding carboxylic acids is 1. The second-order valence-corrected chi connectivity index (χ2v) is 11.8. The van der Waals surface area contributed by atoms with Gasteiger partial charge < -0.3 is 4.90 Å². The van der Waals surface area contributed by atoms with Gasteiger partial charge in [-0.1, -0.05) is 23.2 Å². The molecule has 35 heavy (non-hydrogen) atoms. The van der Waals surface area contributed by atoms with Gasteiger partial charge in [-0.15, -0.1) is 0 Å². The summed E-state index contributed by atoms with van der Waals surface area (Å²) in [5.41, 5.74) is 2.64. The number of amides is 1. The molecule has 2 aromatic rings. The van der Waals surface area contributed by atoms with E-state index in [0.29, 0.717) is 24.0 Å². The highest BCUT2D eigenvalue weighted by atomic mass is 35.5. The third-order valence-electron chi connectivity index (χ3n) is 7.17. The van der Waals surface area contributed by atoms with Gasteiger partial charge in [-0.05, 0) is 63.3 Å². The minimum atomic E-state index is -4.07. The Morgan fingerprint density at radius 1 is 1.17 bits per heavy atom. The number of halogens is 3. The molecule has 2 heterocycles. The van der Waals surface area contributed by atoms with E-state index in [9.17, 15) is 22.0 Å². The predicted octanol–water partition coefficient (Wildman–Crippen LogP) is 5.21. The lowest BCUT2D eigenvalue weighted by atomic mass is 9.91. The number of hydrogen-bond donors (Lipinski definition) is 0. The SMILES string of the molecule is Cc1ccc(S(=O)(=O)N2CCC[C@H]2C(=O)N(C)C2CCC(F)(F)CC2)c(-c2c(C)ccnc2Cl)c1. The highest BCUT2D eigenvalue weighted by Crippen LogP contribution is 2.39. The van der Waals surface area contributed by atoms with Gasteiger partial charge in [-0.25, -0.2) is 22.2 Å². The number of pyridine rings is 1. The molecule has 6 nitrogen and oxygen atoms in total. The number of benzene rings is 1. The number of rotatable bonds is 5. The first kappa shape index (κ1) is 26.0. The summed E-state index contributed by atoms with van der Waals surface area (Å²) in [7, 11) is -2.47. The molecule has 0 unspecified atom stereocenters. The van der Waals surface area contributed by atoms with Crippen LogP contribution in [0.3, 0.4) is 0 Å². The van der Waals surface area contributed by atoms with Crippen LogP contribution in [0.2, 0.25) is 5.15 Å². The molecule has 0 bridgehead atoms. The van der Waals surface area contributed by atoms with E-state index < -0.39 is 22.0 Å². The van der Waals surface area contributed by atoms with Crippen LogP contribution >= 0.6 is 11.6 Å². The molecule has 190 valence electrons. The second kappa shape index (κ2) is 9.75. The lowest BCUT2D eigenvalue weighted by Crippen LogP contribution is -2.50. The summed E-state index contributed by atoms with van der Waals surface area (Å²) in [6, 6.07) is 5.62. The monoisotopic (exact) mass is 525 g/mol. The Balaban J connectivity index is 1.67. The summed E-state index contributed by atoms with van der Waals surface area (Å²) >= 11 is 6.39. The fourth-order valence-corrected chi connectivity index (χ4v) is 7.28. The molecule has 1 aromatic carbocycles. The van der Waals surface area contributed by atoms with Crippen molar-refractivity contribution in [3.05, 3.63) is 46.7 Å². The Morgan fingerprint density at radius 3 is 2.51 bits per heavy atom. The van der Waals surface area contributed by atoms with Crippen molar-refractivity contribution in [1.82, 2.24) is 14.2 Å². The summed E-state index contributed by atoms with van der Waals surface area (Å²) < 4.78 is 56.4. The first-order chi connectivity index (χ1) is 16.4. The Hall–Kier alpha value is -2.10. The number of carbonyl (C=O) groups is 1. The van der Waals surface area contributed by atoms with Gasteiger partial charge in [0.25, 0.3) is 0 Å². The maximum absolute atomic E-state index is 14.0. The molecule has 1 saturated carbocycles. The topological polar surface area (TPSA) is 70.6 Å². The van der Waals surface area contributed by atoms with Crippen molar-refractivity contribution in [3.8, 4) is 11.1 Å². The van der Waals surface area contributed by atoms with Crippen LogP contribution in [-0.2, 0) is 14.8 Å². The van der Waals surface area contributed by atoms with Gasteiger partial charge in [0.1, 0.15) is 11.2 Å². The van der Waals surface area contributed by atoms with Crippen LogP contribution in [0, 0.1) is 13.8 Å². The van der Waals surface area contributed by atoms with E-state index in [-0.39, 0.29) is 54.2 Å². The Kier molecular flexibility index (Phi) is 7.23. The van der Waals surface area contributed by atoms with Gasteiger partial charge >= 0.3 is 0 Å². The van der Waals surface area contributed by atoms with Gasteiger partial charge in [0.05, 0.1) is 4.90 Å². The van der Waals surface area contributed by atoms with Crippen LogP contribution in [-0.4, -0.2) is 60.1 Å². The molecule has 10 heteroatoms. The van der Waals surface area contributed by atoms with E-state index in [2.05, 4.69) is 4.98 Å². The summed E-state index contributed by atoms with van der Waals surface area (Å²) in [4.78, 5) is 19.1. The predicted molar refractivity (Wildman–Crippen MR) is 131 cm³/mol. The fourth-order valence-electron chi connectivity index (χ4n) is 5.14. The van der Waals surface area contributed by atoms with Crippen LogP contribution in [0.1, 0.15) is 49.7 Å². The summed E-state index contributed by atoms with van der Waals surface area (Å²) in [5.74, 6) is -3.04. The van der Waals surface area contributed by atoms with Crippen LogP contribution in [0.4, 0.5) is 8.78 Å². The number of alkyl halides is 2. The molecular weight excluding hydrogens is 496 g/mol. The van der Waals surface area contributed by atoms with Gasteiger partial charge in [-0.3, -0.25) is 4.79 Å². The molecule has 2 fully saturated rings. The summed E-state index contributed by atoms with van der Waals surface area (Å²) in [6.07, 6.45) is 2.38. The van der Waals surface area contributed by atoms with Gasteiger partial charge in [0.15, 0.2) is 0 Å². The minimum Gasteiger partial charge on any atom is -0.341 e. The average molecular weight is 526 g/mol. The average Bonchev–Trinajstić information content (AvgIpc) is 3.29. The van der Waals surface area contributed by atoms with Crippen LogP contribution in [0.5, 0.6) is 0 Å². The Morgan fingerprint density at radius 2 is 1.86 bits per heavy atom. The highest BCUT2D eigenvalue weighted by Gasteiger charge is 2.44. The van der Waals surface area contributed by atoms with Crippen LogP contribution in [0.15, 0.2) is 35.4 Å². The normalized spacial score (nSPS) is 21.3. The standard InChI is InChI=1S/C25H30ClF2N3O3S/c1-16-6-7-21(19(15-16)22-17(2)10-13-29-23(22)26)35(33,34)31-14-4-5-20(31)24(32)30(3)18-8-11-25(27,28)12-9-18/h6-7,10,13,15,18,20H,4-5,8-9,11-12,14H2,1-3H3/t20-/m0/s1. The lowest BCUT2D eigenvalue weighted by Gasteiger charge is -2.37. The molecule has 1 aliphatic carbocycles. The second-order valence-electron chi connectivity index (χ2n) is 9.60. The number of nitrogens with zero attached hydrogens (tertiary/aromatic N) is 3. The molecule has 0 N–H and O–H groups in total. The number of aromatic nitrogens is 1. The molecule has 1 saturated heterocycles. The molecule has 1 aromatic heterocycles. The third-order valence-corrected chi connectivity index (χ3v) is 9.43. The maximum atomic E-state index is 14.0. The number of sulfonamides is 1. The smallest absolute Gasteiger partial charge is 0.248 e. The van der Waals surface area contributed by atoms with Gasteiger partial charge in [0.2, 0.25) is 21.9 Å². The third kappa shape index (κ3) is 5.08. The van der Waals surface area contributed by atoms with Crippen molar-refractivity contribution in [3.63, 3.8) is 0 Å². The van der Waals surface area contributed by atoms with E-state index in [0.717, 1.165) is 11.1 Å². The molecule has 1 amide bonds. The van der Waals surface area contributed by atoms with E-state index >= 15 is 0 Å². The lowest BCUT2D eigenvalue weighted by molar-refractivity contribution is -0.138. The van der Waals surface area contributed by atoms with Crippen molar-refractivity contribution in [2.45, 2.75) is 75.3 Å². The van der Waals surface area contributed by atoms with Gasteiger partial charge in [0, 0.05) is 49.8 Å². The quantitative estimate of drug-likeness (QED) is 0.502. The largest absolute Gasteiger partial charge is 0.341 e. The molecule has 1 aliphatic heterocycles. The van der Waals surface area contributed by atoms with Crippen molar-refractivity contribution < 1.29 is 22.0 Å². The van der Waals surface area contributed by atoms with E-state index in [1.807, 2.05) is 13.8 Å². The van der Waals surface area contributed by atoms with E-state index in [1.165, 1.54) is 9.21 Å². The molecule has 0 spiro atoms. The molecule has 1 atom stereocenters. The number of hydrogen-bond acceptors (Lipinski definition) is 4. The fraction of sp³-hybridized carbons (Fsp3) is 0.520. The van der Waals surface area contributed by atoms with Crippen molar-refractivity contribution in [1.29, 1.82) is 0 Å². The Labute approximate surface area is 210 Å². The molecule has 0 radical (unpaired) electrons. The Bertz CT molecular complexity index is 1210. The molecular formula is C25H30ClF2N3O3S. The van der Waals surface area contributed by atoms with Crippen molar-refractivity contribution in [2.75, 3.05) is 13.6 Å². The van der Waals surface area contributed by atoms with Crippen LogP contribution in [0.25, 0.3) is 11.1 Å². The highest BCUT2D eigenvalue weighted by molar-refractivity contribution is 7.89. The first-order valence-corrected chi connectivity index (χ1v) is 13.6. The number of aryl methyl sites for hydroxylation is 2. The van der Waals surface area contributed by atoms with Crippen molar-refractivity contribution >= 4 is 27.5 Å². The summed E-state index contributed by atoms with van der Waals surface area (Å²) in [6.45, 7) is 3.92. The maximum Gasteiger partial charge on any atom is 0.248 e. The first-order valence-electron chi connectivity index (χ1n) is 11.8. The molecule has 2 aliphatic rings. The zero-order chi connectivity index (χ0) is 25.5. The van der Waals surface area contributed by atoms with E-state index in [1.54, 1.807) is 37.5 Å². The molecule has 4 rings (SSSR count). The van der Waals surface area contributed by atoms with Crippen molar-refractivity contribution in [2.24, 2.45) is 0 Å². The minimum absolute atomic E-state index is 0.0701. The van der Waals surface area contributed by atoms with E-state index in [4.69, 9.17) is 11.6 Å². The van der Waals surface area contributed by atoms with Crippen LogP contribution < -0.4 is 0 Å². The van der Waals surface area contributed by atoms with Gasteiger partial charge in [-0.2, -0.15) is 4.31 Å². The number of likely N-dealkylation sites (N-methyl/N-ethyl adjacent to an activating group) is 1. The zero-order valence-electron chi connectivity index (χ0n) is 20.1. The zero-order valence-corrected chi connectivity index (χ0v) is 21.7.